The second-order valence-corrected chi connectivity index (χ2v) is 6.49. The first-order valence-electron chi connectivity index (χ1n) is 8.28. The second-order valence-electron chi connectivity index (χ2n) is 6.49. The second kappa shape index (κ2) is 5.67. The average molecular weight is 320 g/mol. The molecule has 0 atom stereocenters. The van der Waals surface area contributed by atoms with Crippen molar-refractivity contribution in [3.8, 4) is 5.69 Å². The number of aryl methyl sites for hydroxylation is 1. The predicted octanol–water partition coefficient (Wildman–Crippen LogP) is 3.65. The third-order valence-corrected chi connectivity index (χ3v) is 4.70. The number of nitrogens with one attached hydrogen (secondary N) is 1. The van der Waals surface area contributed by atoms with Crippen molar-refractivity contribution in [2.24, 2.45) is 5.92 Å². The van der Waals surface area contributed by atoms with E-state index >= 15 is 0 Å². The van der Waals surface area contributed by atoms with Crippen molar-refractivity contribution >= 4 is 28.3 Å². The molecule has 0 aliphatic heterocycles. The Morgan fingerprint density at radius 1 is 1.25 bits per heavy atom. The zero-order chi connectivity index (χ0) is 16.7. The maximum absolute atomic E-state index is 12.2. The van der Waals surface area contributed by atoms with Gasteiger partial charge < -0.3 is 11.1 Å². The van der Waals surface area contributed by atoms with Crippen LogP contribution in [0.1, 0.15) is 24.8 Å². The zero-order valence-corrected chi connectivity index (χ0v) is 13.6. The molecule has 4 rings (SSSR count). The molecule has 2 aromatic carbocycles. The zero-order valence-electron chi connectivity index (χ0n) is 13.6. The summed E-state index contributed by atoms with van der Waals surface area (Å²) in [7, 11) is 0. The van der Waals surface area contributed by atoms with Crippen LogP contribution in [0.5, 0.6) is 0 Å². The molecule has 5 nitrogen and oxygen atoms in total. The van der Waals surface area contributed by atoms with Crippen molar-refractivity contribution in [3.05, 3.63) is 48.0 Å². The number of anilines is 2. The smallest absolute Gasteiger partial charge is 0.227 e. The summed E-state index contributed by atoms with van der Waals surface area (Å²) < 4.78 is 1.83. The fourth-order valence-corrected chi connectivity index (χ4v) is 3.09. The van der Waals surface area contributed by atoms with Gasteiger partial charge in [0.1, 0.15) is 0 Å². The fraction of sp³-hybridized carbons (Fsp3) is 0.263. The third-order valence-electron chi connectivity index (χ3n) is 4.70. The summed E-state index contributed by atoms with van der Waals surface area (Å²) in [6, 6.07) is 13.8. The lowest BCUT2D eigenvalue weighted by Gasteiger charge is -2.24. The van der Waals surface area contributed by atoms with Crippen LogP contribution in [-0.4, -0.2) is 15.7 Å². The lowest BCUT2D eigenvalue weighted by Crippen LogP contribution is -2.27. The van der Waals surface area contributed by atoms with E-state index in [9.17, 15) is 4.79 Å². The molecule has 0 spiro atoms. The van der Waals surface area contributed by atoms with E-state index in [2.05, 4.69) is 16.5 Å². The summed E-state index contributed by atoms with van der Waals surface area (Å²) in [5, 5.41) is 8.37. The maximum atomic E-state index is 12.2. The Morgan fingerprint density at radius 3 is 2.79 bits per heavy atom. The maximum Gasteiger partial charge on any atom is 0.227 e. The van der Waals surface area contributed by atoms with Gasteiger partial charge in [0, 0.05) is 17.0 Å². The minimum absolute atomic E-state index is 0.107. The molecule has 3 N–H and O–H groups in total. The van der Waals surface area contributed by atoms with Gasteiger partial charge in [-0.05, 0) is 55.7 Å². The van der Waals surface area contributed by atoms with E-state index in [4.69, 9.17) is 5.73 Å². The number of hydrogen-bond donors (Lipinski definition) is 2. The Bertz CT molecular complexity index is 924. The number of nitrogens with zero attached hydrogens (tertiary/aromatic N) is 2. The lowest BCUT2D eigenvalue weighted by atomic mass is 9.85. The van der Waals surface area contributed by atoms with Gasteiger partial charge in [0.15, 0.2) is 5.82 Å². The predicted molar refractivity (Wildman–Crippen MR) is 96.2 cm³/mol. The number of nitrogen functional groups attached to an aromatic ring is 1. The summed E-state index contributed by atoms with van der Waals surface area (Å²) in [5.41, 5.74) is 9.86. The van der Waals surface area contributed by atoms with Crippen molar-refractivity contribution in [2.45, 2.75) is 26.2 Å². The van der Waals surface area contributed by atoms with Crippen LogP contribution in [0, 0.1) is 12.8 Å². The molecule has 1 aliphatic carbocycles. The molecule has 1 amide bonds. The molecule has 1 aliphatic rings. The molecule has 0 unspecified atom stereocenters. The molecule has 0 radical (unpaired) electrons. The van der Waals surface area contributed by atoms with Crippen molar-refractivity contribution in [2.75, 3.05) is 11.1 Å². The highest BCUT2D eigenvalue weighted by atomic mass is 16.1. The van der Waals surface area contributed by atoms with Gasteiger partial charge in [0.2, 0.25) is 5.91 Å². The fourth-order valence-electron chi connectivity index (χ4n) is 3.09. The molecule has 3 aromatic rings. The highest BCUT2D eigenvalue weighted by Gasteiger charge is 2.25. The Hall–Kier alpha value is -2.82. The normalized spacial score (nSPS) is 14.5. The number of aromatic nitrogens is 2. The van der Waals surface area contributed by atoms with Crippen LogP contribution < -0.4 is 11.1 Å². The highest BCUT2D eigenvalue weighted by Crippen LogP contribution is 2.30. The summed E-state index contributed by atoms with van der Waals surface area (Å²) in [4.78, 5) is 12.2. The van der Waals surface area contributed by atoms with Crippen molar-refractivity contribution < 1.29 is 4.79 Å². The number of benzene rings is 2. The van der Waals surface area contributed by atoms with Crippen LogP contribution in [0.4, 0.5) is 11.5 Å². The van der Waals surface area contributed by atoms with E-state index in [0.29, 0.717) is 5.82 Å². The Balaban J connectivity index is 1.74. The summed E-state index contributed by atoms with van der Waals surface area (Å²) in [6.07, 6.45) is 3.12. The van der Waals surface area contributed by atoms with E-state index in [1.807, 2.05) is 48.0 Å². The molecule has 1 heterocycles. The molecule has 0 saturated heterocycles. The standard InChI is InChI=1S/C19H20N4O/c1-12-4-2-7-15(10-12)23-17-11-14(8-9-16(17)18(20)22-23)21-19(24)13-5-3-6-13/h2,4,7-11,13H,3,5-6H2,1H3,(H2,20,22)(H,21,24). The minimum Gasteiger partial charge on any atom is -0.382 e. The summed E-state index contributed by atoms with van der Waals surface area (Å²) in [6.45, 7) is 2.04. The van der Waals surface area contributed by atoms with Gasteiger partial charge in [-0.25, -0.2) is 4.68 Å². The summed E-state index contributed by atoms with van der Waals surface area (Å²) in [5.74, 6) is 0.756. The molecular weight excluding hydrogens is 300 g/mol. The lowest BCUT2D eigenvalue weighted by molar-refractivity contribution is -0.122. The monoisotopic (exact) mass is 320 g/mol. The Kier molecular flexibility index (Phi) is 3.49. The van der Waals surface area contributed by atoms with Gasteiger partial charge >= 0.3 is 0 Å². The average Bonchev–Trinajstić information content (AvgIpc) is 2.82. The molecule has 1 aromatic heterocycles. The van der Waals surface area contributed by atoms with Crippen molar-refractivity contribution in [1.82, 2.24) is 9.78 Å². The van der Waals surface area contributed by atoms with Gasteiger partial charge in [-0.1, -0.05) is 18.6 Å². The van der Waals surface area contributed by atoms with Crippen LogP contribution in [0.2, 0.25) is 0 Å². The van der Waals surface area contributed by atoms with Crippen LogP contribution in [0.15, 0.2) is 42.5 Å². The van der Waals surface area contributed by atoms with E-state index in [0.717, 1.165) is 47.1 Å². The van der Waals surface area contributed by atoms with Gasteiger partial charge in [-0.3, -0.25) is 4.79 Å². The number of carbonyl (C=O) groups excluding carboxylic acids is 1. The van der Waals surface area contributed by atoms with Gasteiger partial charge in [-0.15, -0.1) is 5.10 Å². The molecule has 1 fully saturated rings. The van der Waals surface area contributed by atoms with Crippen LogP contribution in [0.3, 0.4) is 0 Å². The Morgan fingerprint density at radius 2 is 2.08 bits per heavy atom. The van der Waals surface area contributed by atoms with E-state index in [1.54, 1.807) is 0 Å². The largest absolute Gasteiger partial charge is 0.382 e. The number of fused-ring (bicyclic) bond motifs is 1. The summed E-state index contributed by atoms with van der Waals surface area (Å²) >= 11 is 0. The number of nitrogens with two attached hydrogens (primary N) is 1. The first kappa shape index (κ1) is 14.8. The minimum atomic E-state index is 0.107. The molecule has 24 heavy (non-hydrogen) atoms. The van der Waals surface area contributed by atoms with Crippen molar-refractivity contribution in [1.29, 1.82) is 0 Å². The van der Waals surface area contributed by atoms with E-state index < -0.39 is 0 Å². The first-order valence-corrected chi connectivity index (χ1v) is 8.28. The van der Waals surface area contributed by atoms with Gasteiger partial charge in [-0.2, -0.15) is 0 Å². The van der Waals surface area contributed by atoms with Crippen LogP contribution in [-0.2, 0) is 4.79 Å². The molecule has 122 valence electrons. The quantitative estimate of drug-likeness (QED) is 0.773. The van der Waals surface area contributed by atoms with Gasteiger partial charge in [0.25, 0.3) is 0 Å². The molecule has 5 heteroatoms. The van der Waals surface area contributed by atoms with E-state index in [-0.39, 0.29) is 11.8 Å². The number of rotatable bonds is 3. The van der Waals surface area contributed by atoms with E-state index in [1.165, 1.54) is 0 Å². The van der Waals surface area contributed by atoms with Crippen molar-refractivity contribution in [3.63, 3.8) is 0 Å². The van der Waals surface area contributed by atoms with Crippen LogP contribution >= 0.6 is 0 Å². The number of hydrogen-bond acceptors (Lipinski definition) is 3. The number of amides is 1. The SMILES string of the molecule is Cc1cccc(-n2nc(N)c3ccc(NC(=O)C4CCC4)cc32)c1. The topological polar surface area (TPSA) is 72.9 Å². The Labute approximate surface area is 140 Å². The molecular formula is C19H20N4O. The van der Waals surface area contributed by atoms with Gasteiger partial charge in [0.05, 0.1) is 11.2 Å². The molecule has 1 saturated carbocycles. The first-order chi connectivity index (χ1) is 11.6. The third kappa shape index (κ3) is 2.52. The molecule has 0 bridgehead atoms. The highest BCUT2D eigenvalue weighted by molar-refractivity contribution is 5.97. The number of carbonyl (C=O) groups is 1. The van der Waals surface area contributed by atoms with Crippen LogP contribution in [0.25, 0.3) is 16.6 Å².